The minimum Gasteiger partial charge on any atom is -0.489 e. The lowest BCUT2D eigenvalue weighted by Gasteiger charge is -2.19. The minimum atomic E-state index is -0.207. The van der Waals surface area contributed by atoms with E-state index in [1.54, 1.807) is 22.8 Å². The SMILES string of the molecule is CN(Cc1cnn(C)c1)C(=O)CCOc1cccc2c1OC(C)(C)C2. The molecular formula is C19H25N3O3. The van der Waals surface area contributed by atoms with Crippen molar-refractivity contribution in [3.8, 4) is 11.5 Å². The fraction of sp³-hybridized carbons (Fsp3) is 0.474. The number of rotatable bonds is 6. The Labute approximate surface area is 148 Å². The Bertz CT molecular complexity index is 767. The van der Waals surface area contributed by atoms with Crippen molar-refractivity contribution in [3.63, 3.8) is 0 Å². The molecule has 1 aliphatic rings. The molecule has 0 saturated heterocycles. The molecule has 2 aromatic rings. The van der Waals surface area contributed by atoms with E-state index >= 15 is 0 Å². The first-order valence-corrected chi connectivity index (χ1v) is 8.49. The Kier molecular flexibility index (Phi) is 4.70. The summed E-state index contributed by atoms with van der Waals surface area (Å²) in [5.41, 5.74) is 1.96. The average Bonchev–Trinajstić information content (AvgIpc) is 3.08. The van der Waals surface area contributed by atoms with Crippen LogP contribution in [0.3, 0.4) is 0 Å². The standard InChI is InChI=1S/C19H25N3O3/c1-19(2)10-15-6-5-7-16(18(15)25-19)24-9-8-17(23)21(3)12-14-11-20-22(4)13-14/h5-7,11,13H,8-10,12H2,1-4H3. The zero-order valence-corrected chi connectivity index (χ0v) is 15.3. The summed E-state index contributed by atoms with van der Waals surface area (Å²) >= 11 is 0. The van der Waals surface area contributed by atoms with Crippen molar-refractivity contribution < 1.29 is 14.3 Å². The van der Waals surface area contributed by atoms with Gasteiger partial charge >= 0.3 is 0 Å². The molecule has 1 aromatic heterocycles. The fourth-order valence-electron chi connectivity index (χ4n) is 3.06. The second-order valence-corrected chi connectivity index (χ2v) is 7.15. The molecule has 0 spiro atoms. The molecule has 0 atom stereocenters. The summed E-state index contributed by atoms with van der Waals surface area (Å²) < 4.78 is 13.5. The first kappa shape index (κ1) is 17.3. The monoisotopic (exact) mass is 343 g/mol. The molecule has 0 bridgehead atoms. The maximum atomic E-state index is 12.3. The lowest BCUT2D eigenvalue weighted by Crippen LogP contribution is -2.27. The van der Waals surface area contributed by atoms with Gasteiger partial charge in [0.1, 0.15) is 5.60 Å². The molecule has 0 N–H and O–H groups in total. The molecule has 2 heterocycles. The van der Waals surface area contributed by atoms with Crippen LogP contribution >= 0.6 is 0 Å². The van der Waals surface area contributed by atoms with E-state index in [4.69, 9.17) is 9.47 Å². The summed E-state index contributed by atoms with van der Waals surface area (Å²) in [6.07, 6.45) is 4.87. The highest BCUT2D eigenvalue weighted by Crippen LogP contribution is 2.41. The summed E-state index contributed by atoms with van der Waals surface area (Å²) in [7, 11) is 3.65. The van der Waals surface area contributed by atoms with Gasteiger partial charge < -0.3 is 14.4 Å². The number of aryl methyl sites for hydroxylation is 1. The summed E-state index contributed by atoms with van der Waals surface area (Å²) in [6, 6.07) is 5.92. The molecule has 1 aliphatic heterocycles. The maximum absolute atomic E-state index is 12.3. The number of carbonyl (C=O) groups is 1. The van der Waals surface area contributed by atoms with Crippen LogP contribution in [-0.4, -0.2) is 39.8 Å². The second-order valence-electron chi connectivity index (χ2n) is 7.15. The van der Waals surface area contributed by atoms with Gasteiger partial charge in [0.15, 0.2) is 11.5 Å². The van der Waals surface area contributed by atoms with E-state index in [-0.39, 0.29) is 11.5 Å². The van der Waals surface area contributed by atoms with Gasteiger partial charge in [-0.15, -0.1) is 0 Å². The number of hydrogen-bond donors (Lipinski definition) is 0. The van der Waals surface area contributed by atoms with Crippen molar-refractivity contribution in [3.05, 3.63) is 41.7 Å². The predicted octanol–water partition coefficient (Wildman–Crippen LogP) is 2.56. The molecule has 0 unspecified atom stereocenters. The van der Waals surface area contributed by atoms with Gasteiger partial charge in [-0.1, -0.05) is 12.1 Å². The van der Waals surface area contributed by atoms with E-state index in [1.165, 1.54) is 0 Å². The minimum absolute atomic E-state index is 0.0395. The smallest absolute Gasteiger partial charge is 0.226 e. The molecule has 6 nitrogen and oxygen atoms in total. The number of nitrogens with zero attached hydrogens (tertiary/aromatic N) is 3. The third-order valence-corrected chi connectivity index (χ3v) is 4.23. The van der Waals surface area contributed by atoms with Crippen LogP contribution < -0.4 is 9.47 Å². The van der Waals surface area contributed by atoms with Crippen molar-refractivity contribution in [1.82, 2.24) is 14.7 Å². The zero-order chi connectivity index (χ0) is 18.0. The summed E-state index contributed by atoms with van der Waals surface area (Å²) in [4.78, 5) is 14.0. The van der Waals surface area contributed by atoms with Gasteiger partial charge in [-0.2, -0.15) is 5.10 Å². The molecular weight excluding hydrogens is 318 g/mol. The number of benzene rings is 1. The summed E-state index contributed by atoms with van der Waals surface area (Å²) in [5.74, 6) is 1.56. The van der Waals surface area contributed by atoms with Gasteiger partial charge in [0.25, 0.3) is 0 Å². The Morgan fingerprint density at radius 3 is 2.96 bits per heavy atom. The van der Waals surface area contributed by atoms with E-state index in [9.17, 15) is 4.79 Å². The first-order chi connectivity index (χ1) is 11.8. The molecule has 0 aliphatic carbocycles. The van der Waals surface area contributed by atoms with Crippen LogP contribution in [0.2, 0.25) is 0 Å². The average molecular weight is 343 g/mol. The molecule has 0 fully saturated rings. The van der Waals surface area contributed by atoms with Crippen LogP contribution in [0.25, 0.3) is 0 Å². The maximum Gasteiger partial charge on any atom is 0.226 e. The number of fused-ring (bicyclic) bond motifs is 1. The number of para-hydroxylation sites is 1. The number of ether oxygens (including phenoxy) is 2. The number of aromatic nitrogens is 2. The van der Waals surface area contributed by atoms with Crippen LogP contribution in [0.4, 0.5) is 0 Å². The van der Waals surface area contributed by atoms with Crippen molar-refractivity contribution in [2.24, 2.45) is 7.05 Å². The summed E-state index contributed by atoms with van der Waals surface area (Å²) in [5, 5.41) is 4.12. The van der Waals surface area contributed by atoms with Gasteiger partial charge in [-0.05, 0) is 19.9 Å². The van der Waals surface area contributed by atoms with Gasteiger partial charge in [-0.3, -0.25) is 9.48 Å². The second kappa shape index (κ2) is 6.78. The van der Waals surface area contributed by atoms with Crippen molar-refractivity contribution in [2.75, 3.05) is 13.7 Å². The predicted molar refractivity (Wildman–Crippen MR) is 94.6 cm³/mol. The molecule has 25 heavy (non-hydrogen) atoms. The van der Waals surface area contributed by atoms with Crippen LogP contribution in [0.15, 0.2) is 30.6 Å². The van der Waals surface area contributed by atoms with Crippen molar-refractivity contribution in [2.45, 2.75) is 38.8 Å². The molecule has 0 radical (unpaired) electrons. The Morgan fingerprint density at radius 1 is 1.44 bits per heavy atom. The highest BCUT2D eigenvalue weighted by molar-refractivity contribution is 5.76. The van der Waals surface area contributed by atoms with E-state index in [1.807, 2.05) is 25.4 Å². The Balaban J connectivity index is 1.52. The van der Waals surface area contributed by atoms with Crippen LogP contribution in [0.1, 0.15) is 31.4 Å². The fourth-order valence-corrected chi connectivity index (χ4v) is 3.06. The molecule has 134 valence electrons. The normalized spacial score (nSPS) is 14.7. The Morgan fingerprint density at radius 2 is 2.24 bits per heavy atom. The highest BCUT2D eigenvalue weighted by Gasteiger charge is 2.32. The first-order valence-electron chi connectivity index (χ1n) is 8.49. The largest absolute Gasteiger partial charge is 0.489 e. The van der Waals surface area contributed by atoms with E-state index in [0.717, 1.165) is 23.3 Å². The Hall–Kier alpha value is -2.50. The number of amides is 1. The van der Waals surface area contributed by atoms with Crippen LogP contribution in [0.5, 0.6) is 11.5 Å². The van der Waals surface area contributed by atoms with Gasteiger partial charge in [0.2, 0.25) is 5.91 Å². The van der Waals surface area contributed by atoms with E-state index in [0.29, 0.717) is 25.3 Å². The highest BCUT2D eigenvalue weighted by atomic mass is 16.5. The lowest BCUT2D eigenvalue weighted by atomic mass is 10.0. The zero-order valence-electron chi connectivity index (χ0n) is 15.3. The van der Waals surface area contributed by atoms with E-state index < -0.39 is 0 Å². The van der Waals surface area contributed by atoms with Gasteiger partial charge in [0.05, 0.1) is 19.2 Å². The molecule has 1 aromatic carbocycles. The van der Waals surface area contributed by atoms with Crippen LogP contribution in [-0.2, 0) is 24.8 Å². The molecule has 6 heteroatoms. The number of carbonyl (C=O) groups excluding carboxylic acids is 1. The van der Waals surface area contributed by atoms with Gasteiger partial charge in [-0.25, -0.2) is 0 Å². The van der Waals surface area contributed by atoms with E-state index in [2.05, 4.69) is 25.0 Å². The third-order valence-electron chi connectivity index (χ3n) is 4.23. The van der Waals surface area contributed by atoms with Crippen molar-refractivity contribution in [1.29, 1.82) is 0 Å². The van der Waals surface area contributed by atoms with Crippen molar-refractivity contribution >= 4 is 5.91 Å². The molecule has 3 rings (SSSR count). The van der Waals surface area contributed by atoms with Crippen LogP contribution in [0, 0.1) is 0 Å². The number of hydrogen-bond acceptors (Lipinski definition) is 4. The molecule has 1 amide bonds. The van der Waals surface area contributed by atoms with Gasteiger partial charge in [0, 0.05) is 44.4 Å². The lowest BCUT2D eigenvalue weighted by molar-refractivity contribution is -0.130. The third kappa shape index (κ3) is 4.13. The quantitative estimate of drug-likeness (QED) is 0.809. The topological polar surface area (TPSA) is 56.6 Å². The summed E-state index contributed by atoms with van der Waals surface area (Å²) in [6.45, 7) is 5.00. The molecule has 0 saturated carbocycles.